The molecule has 1 fully saturated rings. The second-order valence-electron chi connectivity index (χ2n) is 9.16. The number of benzene rings is 3. The van der Waals surface area contributed by atoms with Gasteiger partial charge in [-0.3, -0.25) is 5.01 Å². The van der Waals surface area contributed by atoms with E-state index in [1.165, 1.54) is 9.91 Å². The summed E-state index contributed by atoms with van der Waals surface area (Å²) in [5.41, 5.74) is 0.347. The van der Waals surface area contributed by atoms with E-state index in [0.717, 1.165) is 11.6 Å². The summed E-state index contributed by atoms with van der Waals surface area (Å²) < 4.78 is 67.4. The molecule has 5 rings (SSSR count). The largest absolute Gasteiger partial charge is 0.459 e. The summed E-state index contributed by atoms with van der Waals surface area (Å²) in [5.74, 6) is -6.41. The van der Waals surface area contributed by atoms with Crippen molar-refractivity contribution in [1.82, 2.24) is 0 Å². The lowest BCUT2D eigenvalue weighted by Crippen LogP contribution is -2.39. The Morgan fingerprint density at radius 3 is 2.05 bits per heavy atom. The van der Waals surface area contributed by atoms with Crippen LogP contribution in [0.4, 0.5) is 28.9 Å². The third-order valence-electron chi connectivity index (χ3n) is 6.85. The molecule has 3 aromatic rings. The Morgan fingerprint density at radius 2 is 1.47 bits per heavy atom. The SMILES string of the molecule is C=CC(=O)OC1CCN(c2c(F)c(F)c(C3CC(c4ccccc4)=NN3c3ccccc3)c(F)c2F)CC1. The van der Waals surface area contributed by atoms with E-state index >= 15 is 17.6 Å². The molecule has 2 aliphatic rings. The molecule has 0 radical (unpaired) electrons. The highest BCUT2D eigenvalue weighted by molar-refractivity contribution is 6.03. The van der Waals surface area contributed by atoms with Gasteiger partial charge in [-0.05, 0) is 17.7 Å². The second-order valence-corrected chi connectivity index (χ2v) is 9.16. The normalized spacial score (nSPS) is 17.9. The molecule has 1 atom stereocenters. The number of para-hydroxylation sites is 1. The Morgan fingerprint density at radius 1 is 0.895 bits per heavy atom. The third kappa shape index (κ3) is 4.76. The fourth-order valence-electron chi connectivity index (χ4n) is 4.98. The Balaban J connectivity index is 1.49. The minimum atomic E-state index is -1.46. The van der Waals surface area contributed by atoms with Crippen LogP contribution in [0.3, 0.4) is 0 Å². The first-order chi connectivity index (χ1) is 18.4. The average molecular weight is 524 g/mol. The van der Waals surface area contributed by atoms with Gasteiger partial charge >= 0.3 is 5.97 Å². The first-order valence-electron chi connectivity index (χ1n) is 12.3. The maximum Gasteiger partial charge on any atom is 0.330 e. The maximum absolute atomic E-state index is 15.7. The van der Waals surface area contributed by atoms with Crippen molar-refractivity contribution in [3.05, 3.63) is 108 Å². The van der Waals surface area contributed by atoms with Gasteiger partial charge in [-0.25, -0.2) is 22.4 Å². The number of ether oxygens (including phenoxy) is 1. The smallest absolute Gasteiger partial charge is 0.330 e. The first-order valence-corrected chi connectivity index (χ1v) is 12.3. The van der Waals surface area contributed by atoms with Gasteiger partial charge in [0.2, 0.25) is 0 Å². The Labute approximate surface area is 217 Å². The molecule has 1 unspecified atom stereocenters. The Hall–Kier alpha value is -4.14. The van der Waals surface area contributed by atoms with Crippen LogP contribution in [0.5, 0.6) is 0 Å². The molecule has 3 aromatic carbocycles. The topological polar surface area (TPSA) is 45.1 Å². The Kier molecular flexibility index (Phi) is 7.18. The zero-order valence-electron chi connectivity index (χ0n) is 20.4. The summed E-state index contributed by atoms with van der Waals surface area (Å²) in [6.07, 6.45) is 1.11. The molecule has 0 spiro atoms. The number of hydrogen-bond donors (Lipinski definition) is 0. The standard InChI is InChI=1S/C29H25F4N3O2/c1-2-23(37)38-20-13-15-35(16-14-20)29-27(32)25(30)24(26(31)28(29)33)22-17-21(18-9-5-3-6-10-18)34-36(22)19-11-7-4-8-12-19/h2-12,20,22H,1,13-17H2. The third-order valence-corrected chi connectivity index (χ3v) is 6.85. The summed E-state index contributed by atoms with van der Waals surface area (Å²) in [6, 6.07) is 16.7. The van der Waals surface area contributed by atoms with Crippen molar-refractivity contribution in [2.45, 2.75) is 31.4 Å². The number of esters is 1. The van der Waals surface area contributed by atoms with Gasteiger partial charge in [0.15, 0.2) is 23.3 Å². The molecule has 2 heterocycles. The number of anilines is 2. The quantitative estimate of drug-likeness (QED) is 0.165. The van der Waals surface area contributed by atoms with Crippen molar-refractivity contribution < 1.29 is 27.1 Å². The molecule has 2 aliphatic heterocycles. The summed E-state index contributed by atoms with van der Waals surface area (Å²) in [7, 11) is 0. The predicted molar refractivity (Wildman–Crippen MR) is 137 cm³/mol. The lowest BCUT2D eigenvalue weighted by Gasteiger charge is -2.34. The van der Waals surface area contributed by atoms with Crippen molar-refractivity contribution in [3.63, 3.8) is 0 Å². The lowest BCUT2D eigenvalue weighted by molar-refractivity contribution is -0.143. The van der Waals surface area contributed by atoms with Crippen molar-refractivity contribution in [2.75, 3.05) is 23.0 Å². The molecule has 5 nitrogen and oxygen atoms in total. The van der Waals surface area contributed by atoms with E-state index in [2.05, 4.69) is 11.7 Å². The Bertz CT molecular complexity index is 1340. The summed E-state index contributed by atoms with van der Waals surface area (Å²) in [6.45, 7) is 3.45. The van der Waals surface area contributed by atoms with Crippen LogP contribution in [0, 0.1) is 23.3 Å². The fraction of sp³-hybridized carbons (Fsp3) is 0.241. The summed E-state index contributed by atoms with van der Waals surface area (Å²) >= 11 is 0. The first kappa shape index (κ1) is 25.5. The number of halogens is 4. The average Bonchev–Trinajstić information content (AvgIpc) is 3.39. The van der Waals surface area contributed by atoms with Gasteiger partial charge in [0.05, 0.1) is 23.0 Å². The molecule has 0 amide bonds. The van der Waals surface area contributed by atoms with Crippen LogP contribution in [-0.2, 0) is 9.53 Å². The highest BCUT2D eigenvalue weighted by Crippen LogP contribution is 2.42. The number of hydrazone groups is 1. The van der Waals surface area contributed by atoms with E-state index in [1.807, 2.05) is 30.3 Å². The molecule has 9 heteroatoms. The highest BCUT2D eigenvalue weighted by atomic mass is 19.2. The number of carbonyl (C=O) groups is 1. The van der Waals surface area contributed by atoms with Crippen LogP contribution < -0.4 is 9.91 Å². The van der Waals surface area contributed by atoms with E-state index in [4.69, 9.17) is 4.74 Å². The molecule has 0 N–H and O–H groups in total. The van der Waals surface area contributed by atoms with Gasteiger partial charge in [0.1, 0.15) is 11.8 Å². The van der Waals surface area contributed by atoms with Crippen LogP contribution in [-0.4, -0.2) is 30.9 Å². The van der Waals surface area contributed by atoms with Crippen LogP contribution in [0.1, 0.15) is 36.4 Å². The maximum atomic E-state index is 15.7. The van der Waals surface area contributed by atoms with E-state index < -0.39 is 52.6 Å². The molecular formula is C29H25F4N3O2. The lowest BCUT2D eigenvalue weighted by atomic mass is 9.96. The van der Waals surface area contributed by atoms with Gasteiger partial charge in [0, 0.05) is 38.4 Å². The number of hydrogen-bond acceptors (Lipinski definition) is 5. The van der Waals surface area contributed by atoms with Crippen LogP contribution in [0.15, 0.2) is 78.4 Å². The number of rotatable bonds is 6. The van der Waals surface area contributed by atoms with Crippen molar-refractivity contribution in [3.8, 4) is 0 Å². The summed E-state index contributed by atoms with van der Waals surface area (Å²) in [5, 5.41) is 6.00. The molecular weight excluding hydrogens is 498 g/mol. The minimum absolute atomic E-state index is 0.0467. The van der Waals surface area contributed by atoms with Crippen molar-refractivity contribution in [2.24, 2.45) is 5.10 Å². The van der Waals surface area contributed by atoms with Crippen molar-refractivity contribution >= 4 is 23.1 Å². The van der Waals surface area contributed by atoms with Crippen LogP contribution in [0.25, 0.3) is 0 Å². The predicted octanol–water partition coefficient (Wildman–Crippen LogP) is 6.30. The molecule has 196 valence electrons. The van der Waals surface area contributed by atoms with E-state index in [9.17, 15) is 4.79 Å². The highest BCUT2D eigenvalue weighted by Gasteiger charge is 2.39. The van der Waals surface area contributed by atoms with E-state index in [-0.39, 0.29) is 32.4 Å². The zero-order chi connectivity index (χ0) is 26.8. The van der Waals surface area contributed by atoms with Gasteiger partial charge in [-0.15, -0.1) is 0 Å². The van der Waals surface area contributed by atoms with Gasteiger partial charge in [-0.2, -0.15) is 5.10 Å². The number of piperidine rings is 1. The molecule has 38 heavy (non-hydrogen) atoms. The second kappa shape index (κ2) is 10.7. The molecule has 0 saturated carbocycles. The van der Waals surface area contributed by atoms with Gasteiger partial charge in [-0.1, -0.05) is 55.1 Å². The van der Waals surface area contributed by atoms with Crippen molar-refractivity contribution in [1.29, 1.82) is 0 Å². The minimum Gasteiger partial charge on any atom is -0.459 e. The molecule has 0 aliphatic carbocycles. The van der Waals surface area contributed by atoms with Gasteiger partial charge < -0.3 is 9.64 Å². The fourth-order valence-corrected chi connectivity index (χ4v) is 4.98. The van der Waals surface area contributed by atoms with E-state index in [1.54, 1.807) is 30.3 Å². The zero-order valence-corrected chi connectivity index (χ0v) is 20.4. The number of nitrogens with zero attached hydrogens (tertiary/aromatic N) is 3. The van der Waals surface area contributed by atoms with Crippen LogP contribution >= 0.6 is 0 Å². The van der Waals surface area contributed by atoms with E-state index in [0.29, 0.717) is 11.4 Å². The monoisotopic (exact) mass is 523 g/mol. The molecule has 0 bridgehead atoms. The molecule has 1 saturated heterocycles. The van der Waals surface area contributed by atoms with Crippen LogP contribution in [0.2, 0.25) is 0 Å². The van der Waals surface area contributed by atoms with Gasteiger partial charge in [0.25, 0.3) is 0 Å². The summed E-state index contributed by atoms with van der Waals surface area (Å²) in [4.78, 5) is 12.7. The number of carbonyl (C=O) groups excluding carboxylic acids is 1. The molecule has 0 aromatic heterocycles.